The van der Waals surface area contributed by atoms with Gasteiger partial charge in [-0.25, -0.2) is 0 Å². The molecule has 0 fully saturated rings. The lowest BCUT2D eigenvalue weighted by atomic mass is 10.4. The minimum atomic E-state index is 0.713. The molecule has 0 saturated heterocycles. The van der Waals surface area contributed by atoms with Gasteiger partial charge in [-0.05, 0) is 83.5 Å². The lowest BCUT2D eigenvalue weighted by molar-refractivity contribution is 0.0399. The van der Waals surface area contributed by atoms with E-state index in [-0.39, 0.29) is 0 Å². The summed E-state index contributed by atoms with van der Waals surface area (Å²) >= 11 is 0. The number of hydrogen-bond acceptors (Lipinski definition) is 13. The molecule has 0 N–H and O–H groups in total. The molecule has 54 heavy (non-hydrogen) atoms. The van der Waals surface area contributed by atoms with E-state index in [0.717, 1.165) is 189 Å². The van der Waals surface area contributed by atoms with Gasteiger partial charge in [-0.1, -0.05) is 13.3 Å². The Balaban J connectivity index is 3.05. The van der Waals surface area contributed by atoms with Crippen LogP contribution >= 0.6 is 0 Å². The van der Waals surface area contributed by atoms with Crippen LogP contribution < -0.4 is 0 Å². The Bertz CT molecular complexity index is 584. The van der Waals surface area contributed by atoms with Crippen LogP contribution in [0.5, 0.6) is 0 Å². The summed E-state index contributed by atoms with van der Waals surface area (Å²) in [4.78, 5) is 0. The van der Waals surface area contributed by atoms with Crippen molar-refractivity contribution in [2.24, 2.45) is 0 Å². The second kappa shape index (κ2) is 52.5. The van der Waals surface area contributed by atoms with E-state index in [4.69, 9.17) is 61.6 Å². The van der Waals surface area contributed by atoms with Crippen molar-refractivity contribution >= 4 is 0 Å². The SMILES string of the molecule is CCCCOCCCOCCCOCCCOCCCOCCCOCCCOCCCOCCCOCCCOCCCOCCCOCCCOC. The van der Waals surface area contributed by atoms with E-state index in [2.05, 4.69) is 6.92 Å². The molecule has 0 spiro atoms. The van der Waals surface area contributed by atoms with E-state index in [9.17, 15) is 0 Å². The van der Waals surface area contributed by atoms with Crippen molar-refractivity contribution in [3.63, 3.8) is 0 Å². The molecule has 0 aromatic rings. The summed E-state index contributed by atoms with van der Waals surface area (Å²) in [5.41, 5.74) is 0. The van der Waals surface area contributed by atoms with Gasteiger partial charge in [0.1, 0.15) is 0 Å². The fraction of sp³-hybridized carbons (Fsp3) is 1.00. The van der Waals surface area contributed by atoms with Gasteiger partial charge < -0.3 is 61.6 Å². The maximum absolute atomic E-state index is 5.67. The molecule has 0 amide bonds. The van der Waals surface area contributed by atoms with Crippen LogP contribution in [0.25, 0.3) is 0 Å². The summed E-state index contributed by atoms with van der Waals surface area (Å²) in [6.45, 7) is 20.5. The summed E-state index contributed by atoms with van der Waals surface area (Å²) in [6.07, 6.45) is 13.3. The maximum Gasteiger partial charge on any atom is 0.0488 e. The molecule has 0 heterocycles. The van der Waals surface area contributed by atoms with E-state index in [1.54, 1.807) is 7.11 Å². The maximum atomic E-state index is 5.67. The second-order valence-corrected chi connectivity index (χ2v) is 12.9. The highest BCUT2D eigenvalue weighted by molar-refractivity contribution is 4.45. The molecule has 0 rings (SSSR count). The number of methoxy groups -OCH3 is 1. The van der Waals surface area contributed by atoms with Crippen molar-refractivity contribution < 1.29 is 61.6 Å². The molecule has 0 aliphatic carbocycles. The zero-order chi connectivity index (χ0) is 38.8. The third-order valence-electron chi connectivity index (χ3n) is 7.63. The van der Waals surface area contributed by atoms with Gasteiger partial charge in [0.05, 0.1) is 0 Å². The van der Waals surface area contributed by atoms with Crippen LogP contribution in [0.15, 0.2) is 0 Å². The van der Waals surface area contributed by atoms with E-state index < -0.39 is 0 Å². The highest BCUT2D eigenvalue weighted by Gasteiger charge is 1.98. The molecule has 0 unspecified atom stereocenters. The van der Waals surface area contributed by atoms with Gasteiger partial charge in [-0.3, -0.25) is 0 Å². The Labute approximate surface area is 330 Å². The first-order valence-corrected chi connectivity index (χ1v) is 21.3. The predicted molar refractivity (Wildman–Crippen MR) is 212 cm³/mol. The minimum Gasteiger partial charge on any atom is -0.385 e. The molecule has 13 nitrogen and oxygen atoms in total. The van der Waals surface area contributed by atoms with E-state index in [1.807, 2.05) is 0 Å². The van der Waals surface area contributed by atoms with Gasteiger partial charge >= 0.3 is 0 Å². The number of unbranched alkanes of at least 4 members (excludes halogenated alkanes) is 1. The third-order valence-corrected chi connectivity index (χ3v) is 7.63. The Kier molecular flexibility index (Phi) is 52.0. The zero-order valence-electron chi connectivity index (χ0n) is 34.9. The van der Waals surface area contributed by atoms with Gasteiger partial charge in [-0.15, -0.1) is 0 Å². The van der Waals surface area contributed by atoms with Crippen LogP contribution in [0.4, 0.5) is 0 Å². The van der Waals surface area contributed by atoms with E-state index in [1.165, 1.54) is 6.42 Å². The topological polar surface area (TPSA) is 120 Å². The Morgan fingerprint density at radius 2 is 0.315 bits per heavy atom. The lowest BCUT2D eigenvalue weighted by Gasteiger charge is -2.08. The molecule has 0 aliphatic rings. The fourth-order valence-corrected chi connectivity index (χ4v) is 4.67. The summed E-state index contributed by atoms with van der Waals surface area (Å²) < 4.78 is 72.5. The molecule has 0 aliphatic heterocycles. The molecule has 326 valence electrons. The van der Waals surface area contributed by atoms with Gasteiger partial charge in [0.2, 0.25) is 0 Å². The average Bonchev–Trinajstić information content (AvgIpc) is 3.18. The number of rotatable bonds is 51. The van der Waals surface area contributed by atoms with Crippen LogP contribution in [-0.2, 0) is 61.6 Å². The fourth-order valence-electron chi connectivity index (χ4n) is 4.67. The van der Waals surface area contributed by atoms with Crippen LogP contribution in [0.3, 0.4) is 0 Å². The highest BCUT2D eigenvalue weighted by atomic mass is 16.5. The molecule has 0 aromatic heterocycles. The molecule has 0 saturated carbocycles. The lowest BCUT2D eigenvalue weighted by Crippen LogP contribution is -2.08. The first-order chi connectivity index (χ1) is 26.9. The van der Waals surface area contributed by atoms with E-state index in [0.29, 0.717) is 59.5 Å². The first kappa shape index (κ1) is 53.5. The summed E-state index contributed by atoms with van der Waals surface area (Å²) in [7, 11) is 1.71. The summed E-state index contributed by atoms with van der Waals surface area (Å²) in [5, 5.41) is 0. The smallest absolute Gasteiger partial charge is 0.0488 e. The normalized spacial score (nSPS) is 11.7. The number of ether oxygens (including phenoxy) is 13. The van der Waals surface area contributed by atoms with Gasteiger partial charge in [-0.2, -0.15) is 0 Å². The molecular formula is C41H84O13. The van der Waals surface area contributed by atoms with Gasteiger partial charge in [0, 0.05) is 172 Å². The van der Waals surface area contributed by atoms with Crippen molar-refractivity contribution in [2.75, 3.05) is 172 Å². The average molecular weight is 785 g/mol. The van der Waals surface area contributed by atoms with Crippen molar-refractivity contribution in [2.45, 2.75) is 96.8 Å². The van der Waals surface area contributed by atoms with Crippen LogP contribution in [0.1, 0.15) is 96.8 Å². The second-order valence-electron chi connectivity index (χ2n) is 12.9. The molecule has 13 heteroatoms. The van der Waals surface area contributed by atoms with Crippen molar-refractivity contribution in [1.82, 2.24) is 0 Å². The Morgan fingerprint density at radius 3 is 0.444 bits per heavy atom. The van der Waals surface area contributed by atoms with E-state index >= 15 is 0 Å². The zero-order valence-corrected chi connectivity index (χ0v) is 34.9. The molecule has 0 radical (unpaired) electrons. The standard InChI is InChI=1S/C41H84O13/c1-3-4-18-43-20-6-22-45-24-8-26-47-28-10-30-49-32-12-34-51-36-14-38-53-40-16-41-54-39-15-37-52-35-13-33-50-31-11-29-48-27-9-25-46-23-7-21-44-19-5-17-42-2/h3-41H2,1-2H3. The highest BCUT2D eigenvalue weighted by Crippen LogP contribution is 1.97. The monoisotopic (exact) mass is 785 g/mol. The van der Waals surface area contributed by atoms with Crippen LogP contribution in [0, 0.1) is 0 Å². The third kappa shape index (κ3) is 51.5. The van der Waals surface area contributed by atoms with Crippen LogP contribution in [0.2, 0.25) is 0 Å². The largest absolute Gasteiger partial charge is 0.385 e. The number of hydrogen-bond donors (Lipinski definition) is 0. The Morgan fingerprint density at radius 1 is 0.185 bits per heavy atom. The first-order valence-electron chi connectivity index (χ1n) is 21.3. The van der Waals surface area contributed by atoms with Gasteiger partial charge in [0.25, 0.3) is 0 Å². The molecule has 0 bridgehead atoms. The molecule has 0 atom stereocenters. The van der Waals surface area contributed by atoms with Crippen molar-refractivity contribution in [3.8, 4) is 0 Å². The minimum absolute atomic E-state index is 0.713. The predicted octanol–water partition coefficient (Wildman–Crippen LogP) is 6.31. The van der Waals surface area contributed by atoms with Crippen molar-refractivity contribution in [3.05, 3.63) is 0 Å². The summed E-state index contributed by atoms with van der Waals surface area (Å²) in [6, 6.07) is 0. The van der Waals surface area contributed by atoms with Crippen molar-refractivity contribution in [1.29, 1.82) is 0 Å². The molecular weight excluding hydrogens is 700 g/mol. The quantitative estimate of drug-likeness (QED) is 0.0642. The van der Waals surface area contributed by atoms with Crippen LogP contribution in [-0.4, -0.2) is 172 Å². The Hall–Kier alpha value is -0.520. The summed E-state index contributed by atoms with van der Waals surface area (Å²) in [5.74, 6) is 0. The van der Waals surface area contributed by atoms with Gasteiger partial charge in [0.15, 0.2) is 0 Å². The molecule has 0 aromatic carbocycles.